The highest BCUT2D eigenvalue weighted by molar-refractivity contribution is 6.00. The second-order valence-electron chi connectivity index (χ2n) is 7.61. The van der Waals surface area contributed by atoms with Crippen molar-refractivity contribution in [3.05, 3.63) is 42.2 Å². The number of benzene rings is 1. The number of carbonyl (C=O) groups is 1. The van der Waals surface area contributed by atoms with Crippen LogP contribution in [0, 0.1) is 5.41 Å². The lowest BCUT2D eigenvalue weighted by atomic mass is 9.69. The Kier molecular flexibility index (Phi) is 6.19. The highest BCUT2D eigenvalue weighted by Gasteiger charge is 2.57. The first kappa shape index (κ1) is 20.1. The average Bonchev–Trinajstić information content (AvgIpc) is 3.28. The number of aromatic nitrogens is 2. The predicted octanol–water partition coefficient (Wildman–Crippen LogP) is 4.12. The maximum absolute atomic E-state index is 12.4. The molecular weight excluding hydrogens is 352 g/mol. The normalized spacial score (nSPS) is 23.6. The topological polar surface area (TPSA) is 76.5 Å². The second kappa shape index (κ2) is 8.61. The number of fused-ring (bicyclic) bond motifs is 2. The van der Waals surface area contributed by atoms with E-state index in [0.717, 1.165) is 34.9 Å². The third-order valence-electron chi connectivity index (χ3n) is 5.03. The van der Waals surface area contributed by atoms with Gasteiger partial charge in [0, 0.05) is 11.6 Å². The standard InChI is InChI=1S/C19H20N4O2.C3H8/c1-12(14-3-4-17-15(7-14)5-6-21-23-17)10-20-13(2)22-18(24)19-8-16(9-19)25-11-19;1-3-2/h3-7,10,16H,8-9,11H2,1-2H3,(H,20,22,24);3H2,1-2H3/b12-10+;. The van der Waals surface area contributed by atoms with Crippen LogP contribution in [0.25, 0.3) is 16.5 Å². The quantitative estimate of drug-likeness (QED) is 0.642. The molecule has 1 aliphatic carbocycles. The highest BCUT2D eigenvalue weighted by Crippen LogP contribution is 2.50. The first-order valence-corrected chi connectivity index (χ1v) is 9.83. The maximum atomic E-state index is 12.4. The number of rotatable bonds is 3. The molecule has 2 aliphatic heterocycles. The Bertz CT molecular complexity index is 908. The molecule has 6 nitrogen and oxygen atoms in total. The van der Waals surface area contributed by atoms with Gasteiger partial charge in [-0.3, -0.25) is 4.79 Å². The van der Waals surface area contributed by atoms with Crippen LogP contribution in [-0.4, -0.2) is 34.7 Å². The van der Waals surface area contributed by atoms with Gasteiger partial charge < -0.3 is 10.1 Å². The summed E-state index contributed by atoms with van der Waals surface area (Å²) in [7, 11) is 0. The van der Waals surface area contributed by atoms with E-state index in [-0.39, 0.29) is 17.4 Å². The monoisotopic (exact) mass is 380 g/mol. The minimum Gasteiger partial charge on any atom is -0.377 e. The molecule has 0 spiro atoms. The number of ether oxygens (including phenoxy) is 1. The van der Waals surface area contributed by atoms with Gasteiger partial charge in [-0.25, -0.2) is 4.99 Å². The van der Waals surface area contributed by atoms with E-state index in [0.29, 0.717) is 12.4 Å². The Balaban J connectivity index is 0.000000706. The third-order valence-corrected chi connectivity index (χ3v) is 5.03. The Morgan fingerprint density at radius 1 is 1.32 bits per heavy atom. The van der Waals surface area contributed by atoms with Crippen molar-refractivity contribution >= 4 is 28.2 Å². The van der Waals surface area contributed by atoms with Gasteiger partial charge >= 0.3 is 0 Å². The van der Waals surface area contributed by atoms with E-state index < -0.39 is 0 Å². The summed E-state index contributed by atoms with van der Waals surface area (Å²) in [6.45, 7) is 8.58. The van der Waals surface area contributed by atoms with E-state index in [2.05, 4.69) is 40.4 Å². The lowest BCUT2D eigenvalue weighted by Gasteiger charge is -2.33. The molecule has 6 heteroatoms. The molecule has 3 aliphatic rings. The zero-order valence-electron chi connectivity index (χ0n) is 17.0. The molecular formula is C22H28N4O2. The second-order valence-corrected chi connectivity index (χ2v) is 7.61. The van der Waals surface area contributed by atoms with Crippen molar-refractivity contribution in [2.24, 2.45) is 10.4 Å². The number of carbonyl (C=O) groups excluding carboxylic acids is 1. The van der Waals surface area contributed by atoms with E-state index in [1.165, 1.54) is 6.42 Å². The number of amides is 1. The van der Waals surface area contributed by atoms with Crippen LogP contribution >= 0.6 is 0 Å². The molecule has 1 saturated carbocycles. The van der Waals surface area contributed by atoms with Gasteiger partial charge in [0.1, 0.15) is 5.84 Å². The van der Waals surface area contributed by atoms with Crippen LogP contribution in [0.4, 0.5) is 0 Å². The SMILES string of the molecule is CC(=N/C=C(\C)c1ccc2nnccc2c1)NC(=O)C12COC(C1)C2.CCC. The van der Waals surface area contributed by atoms with Crippen LogP contribution in [-0.2, 0) is 9.53 Å². The molecule has 28 heavy (non-hydrogen) atoms. The molecule has 0 unspecified atom stereocenters. The molecule has 2 bridgehead atoms. The summed E-state index contributed by atoms with van der Waals surface area (Å²) in [6, 6.07) is 7.93. The molecule has 2 aromatic rings. The molecule has 3 heterocycles. The molecule has 1 N–H and O–H groups in total. The van der Waals surface area contributed by atoms with E-state index in [1.807, 2.05) is 25.1 Å². The summed E-state index contributed by atoms with van der Waals surface area (Å²) in [5.74, 6) is 0.624. The largest absolute Gasteiger partial charge is 0.377 e. The lowest BCUT2D eigenvalue weighted by molar-refractivity contribution is -0.131. The number of aliphatic imine (C=N–C) groups is 1. The van der Waals surface area contributed by atoms with Gasteiger partial charge in [0.25, 0.3) is 0 Å². The van der Waals surface area contributed by atoms with Crippen LogP contribution in [0.3, 0.4) is 0 Å². The Labute approximate surface area is 166 Å². The number of amidine groups is 1. The summed E-state index contributed by atoms with van der Waals surface area (Å²) < 4.78 is 5.50. The van der Waals surface area contributed by atoms with Crippen molar-refractivity contribution in [3.8, 4) is 0 Å². The lowest BCUT2D eigenvalue weighted by Crippen LogP contribution is -2.48. The highest BCUT2D eigenvalue weighted by atomic mass is 16.5. The van der Waals surface area contributed by atoms with Crippen LogP contribution < -0.4 is 5.32 Å². The fourth-order valence-electron chi connectivity index (χ4n) is 3.41. The van der Waals surface area contributed by atoms with Crippen molar-refractivity contribution in [1.82, 2.24) is 15.5 Å². The Hall–Kier alpha value is -2.60. The maximum Gasteiger partial charge on any atom is 0.234 e. The minimum absolute atomic E-state index is 0.0258. The van der Waals surface area contributed by atoms with Crippen LogP contribution in [0.1, 0.15) is 52.5 Å². The third kappa shape index (κ3) is 4.28. The van der Waals surface area contributed by atoms with Crippen molar-refractivity contribution in [1.29, 1.82) is 0 Å². The van der Waals surface area contributed by atoms with E-state index in [9.17, 15) is 4.79 Å². The molecule has 0 atom stereocenters. The van der Waals surface area contributed by atoms with Crippen molar-refractivity contribution in [3.63, 3.8) is 0 Å². The zero-order chi connectivity index (χ0) is 20.1. The Morgan fingerprint density at radius 2 is 2.07 bits per heavy atom. The average molecular weight is 380 g/mol. The molecule has 3 fully saturated rings. The van der Waals surface area contributed by atoms with Crippen LogP contribution in [0.5, 0.6) is 0 Å². The first-order chi connectivity index (χ1) is 13.5. The fraction of sp³-hybridized carbons (Fsp3) is 0.455. The van der Waals surface area contributed by atoms with Gasteiger partial charge in [0.2, 0.25) is 5.91 Å². The molecule has 0 radical (unpaired) electrons. The molecule has 148 valence electrons. The fourth-order valence-corrected chi connectivity index (χ4v) is 3.41. The number of nitrogens with one attached hydrogen (secondary N) is 1. The van der Waals surface area contributed by atoms with Gasteiger partial charge in [0.05, 0.1) is 29.8 Å². The summed E-state index contributed by atoms with van der Waals surface area (Å²) in [5.41, 5.74) is 2.62. The smallest absolute Gasteiger partial charge is 0.234 e. The minimum atomic E-state index is -0.320. The van der Waals surface area contributed by atoms with Crippen molar-refractivity contribution in [2.45, 2.75) is 53.1 Å². The number of nitrogens with zero attached hydrogens (tertiary/aromatic N) is 3. The Morgan fingerprint density at radius 3 is 2.75 bits per heavy atom. The van der Waals surface area contributed by atoms with E-state index in [4.69, 9.17) is 4.74 Å². The van der Waals surface area contributed by atoms with E-state index in [1.54, 1.807) is 19.3 Å². The number of allylic oxidation sites excluding steroid dienone is 1. The number of hydrogen-bond donors (Lipinski definition) is 1. The van der Waals surface area contributed by atoms with Gasteiger partial charge in [-0.2, -0.15) is 10.2 Å². The van der Waals surface area contributed by atoms with Crippen LogP contribution in [0.2, 0.25) is 0 Å². The first-order valence-electron chi connectivity index (χ1n) is 9.83. The van der Waals surface area contributed by atoms with Crippen LogP contribution in [0.15, 0.2) is 41.7 Å². The molecule has 5 rings (SSSR count). The molecule has 1 aromatic heterocycles. The van der Waals surface area contributed by atoms with Crippen molar-refractivity contribution < 1.29 is 9.53 Å². The molecule has 2 saturated heterocycles. The van der Waals surface area contributed by atoms with Gasteiger partial charge in [-0.05, 0) is 56.0 Å². The summed E-state index contributed by atoms with van der Waals surface area (Å²) >= 11 is 0. The summed E-state index contributed by atoms with van der Waals surface area (Å²) in [6.07, 6.45) is 6.66. The summed E-state index contributed by atoms with van der Waals surface area (Å²) in [4.78, 5) is 16.8. The summed E-state index contributed by atoms with van der Waals surface area (Å²) in [5, 5.41) is 11.9. The van der Waals surface area contributed by atoms with E-state index >= 15 is 0 Å². The molecule has 1 aromatic carbocycles. The van der Waals surface area contributed by atoms with Gasteiger partial charge in [-0.15, -0.1) is 0 Å². The predicted molar refractivity (Wildman–Crippen MR) is 112 cm³/mol. The van der Waals surface area contributed by atoms with Crippen molar-refractivity contribution in [2.75, 3.05) is 6.61 Å². The van der Waals surface area contributed by atoms with Gasteiger partial charge in [-0.1, -0.05) is 26.3 Å². The molecule has 1 amide bonds. The zero-order valence-corrected chi connectivity index (χ0v) is 17.0. The number of hydrogen-bond acceptors (Lipinski definition) is 5. The van der Waals surface area contributed by atoms with Gasteiger partial charge in [0.15, 0.2) is 0 Å².